The number of nitrogens with one attached hydrogen (secondary N) is 2. The molecule has 110 valence electrons. The molecule has 1 aromatic carbocycles. The molecule has 0 aromatic heterocycles. The van der Waals surface area contributed by atoms with Crippen LogP contribution in [0.1, 0.15) is 43.2 Å². The Morgan fingerprint density at radius 2 is 1.80 bits per heavy atom. The van der Waals surface area contributed by atoms with Crippen LogP contribution in [0, 0.1) is 13.8 Å². The molecular weight excluding hydrogens is 316 g/mol. The van der Waals surface area contributed by atoms with Crippen molar-refractivity contribution in [1.29, 1.82) is 0 Å². The molecule has 0 heterocycles. The summed E-state index contributed by atoms with van der Waals surface area (Å²) in [6.07, 6.45) is 6.04. The zero-order chi connectivity index (χ0) is 14.5. The highest BCUT2D eigenvalue weighted by Gasteiger charge is 2.15. The Bertz CT molecular complexity index is 458. The third-order valence-electron chi connectivity index (χ3n) is 3.86. The van der Waals surface area contributed by atoms with Crippen molar-refractivity contribution in [2.75, 3.05) is 11.9 Å². The van der Waals surface area contributed by atoms with Gasteiger partial charge in [0.05, 0.1) is 6.54 Å². The zero-order valence-corrected chi connectivity index (χ0v) is 13.8. The lowest BCUT2D eigenvalue weighted by Crippen LogP contribution is -2.39. The van der Waals surface area contributed by atoms with Crippen LogP contribution in [0.25, 0.3) is 0 Å². The molecule has 0 atom stereocenters. The second-order valence-electron chi connectivity index (χ2n) is 5.68. The standard InChI is InChI=1S/C16H23BrN2O/c1-11-8-14(9-12(2)16(11)17)18-10-15(20)19-13-6-4-3-5-7-13/h8-9,13,18H,3-7,10H2,1-2H3,(H,19,20). The highest BCUT2D eigenvalue weighted by Crippen LogP contribution is 2.24. The van der Waals surface area contributed by atoms with Crippen molar-refractivity contribution in [3.8, 4) is 0 Å². The summed E-state index contributed by atoms with van der Waals surface area (Å²) in [7, 11) is 0. The lowest BCUT2D eigenvalue weighted by Gasteiger charge is -2.23. The fourth-order valence-corrected chi connectivity index (χ4v) is 2.98. The number of amides is 1. The van der Waals surface area contributed by atoms with Crippen LogP contribution in [0.3, 0.4) is 0 Å². The molecule has 1 aromatic rings. The van der Waals surface area contributed by atoms with Crippen molar-refractivity contribution in [3.63, 3.8) is 0 Å². The molecule has 0 spiro atoms. The summed E-state index contributed by atoms with van der Waals surface area (Å²) in [6.45, 7) is 4.46. The minimum Gasteiger partial charge on any atom is -0.376 e. The van der Waals surface area contributed by atoms with E-state index < -0.39 is 0 Å². The number of carbonyl (C=O) groups is 1. The predicted molar refractivity (Wildman–Crippen MR) is 87.1 cm³/mol. The molecule has 0 bridgehead atoms. The first-order valence-electron chi connectivity index (χ1n) is 7.36. The number of hydrogen-bond acceptors (Lipinski definition) is 2. The molecule has 0 saturated heterocycles. The second-order valence-corrected chi connectivity index (χ2v) is 6.47. The summed E-state index contributed by atoms with van der Waals surface area (Å²) in [6, 6.07) is 4.50. The molecule has 0 unspecified atom stereocenters. The summed E-state index contributed by atoms with van der Waals surface area (Å²) >= 11 is 3.55. The molecular formula is C16H23BrN2O. The molecule has 4 heteroatoms. The van der Waals surface area contributed by atoms with Crippen LogP contribution < -0.4 is 10.6 Å². The highest BCUT2D eigenvalue weighted by molar-refractivity contribution is 9.10. The third kappa shape index (κ3) is 4.23. The van der Waals surface area contributed by atoms with Gasteiger partial charge in [-0.2, -0.15) is 0 Å². The number of carbonyl (C=O) groups excluding carboxylic acids is 1. The van der Waals surface area contributed by atoms with Crippen molar-refractivity contribution in [2.24, 2.45) is 0 Å². The van der Waals surface area contributed by atoms with Gasteiger partial charge in [-0.1, -0.05) is 35.2 Å². The number of rotatable bonds is 4. The Balaban J connectivity index is 1.83. The maximum atomic E-state index is 11.9. The van der Waals surface area contributed by atoms with E-state index >= 15 is 0 Å². The van der Waals surface area contributed by atoms with Gasteiger partial charge >= 0.3 is 0 Å². The van der Waals surface area contributed by atoms with E-state index in [0.29, 0.717) is 12.6 Å². The van der Waals surface area contributed by atoms with Crippen molar-refractivity contribution >= 4 is 27.5 Å². The molecule has 0 radical (unpaired) electrons. The highest BCUT2D eigenvalue weighted by atomic mass is 79.9. The molecule has 1 fully saturated rings. The van der Waals surface area contributed by atoms with E-state index in [9.17, 15) is 4.79 Å². The quantitative estimate of drug-likeness (QED) is 0.873. The Kier molecular flexibility index (Phi) is 5.46. The van der Waals surface area contributed by atoms with Crippen molar-refractivity contribution in [2.45, 2.75) is 52.0 Å². The molecule has 3 nitrogen and oxygen atoms in total. The Labute approximate surface area is 129 Å². The van der Waals surface area contributed by atoms with Gasteiger partial charge in [-0.05, 0) is 49.9 Å². The lowest BCUT2D eigenvalue weighted by atomic mass is 9.95. The summed E-state index contributed by atoms with van der Waals surface area (Å²) in [5.74, 6) is 0.0927. The van der Waals surface area contributed by atoms with Crippen molar-refractivity contribution in [1.82, 2.24) is 5.32 Å². The largest absolute Gasteiger partial charge is 0.376 e. The van der Waals surface area contributed by atoms with Gasteiger partial charge in [0.15, 0.2) is 0 Å². The number of anilines is 1. The van der Waals surface area contributed by atoms with Crippen LogP contribution in [0.2, 0.25) is 0 Å². The van der Waals surface area contributed by atoms with Gasteiger partial charge < -0.3 is 10.6 Å². The Morgan fingerprint density at radius 1 is 1.20 bits per heavy atom. The maximum Gasteiger partial charge on any atom is 0.239 e. The number of halogens is 1. The van der Waals surface area contributed by atoms with E-state index in [2.05, 4.69) is 52.5 Å². The van der Waals surface area contributed by atoms with Crippen LogP contribution in [0.5, 0.6) is 0 Å². The smallest absolute Gasteiger partial charge is 0.239 e. The maximum absolute atomic E-state index is 11.9. The summed E-state index contributed by atoms with van der Waals surface area (Å²) in [5, 5.41) is 6.33. The molecule has 1 aliphatic rings. The summed E-state index contributed by atoms with van der Waals surface area (Å²) < 4.78 is 1.13. The minimum absolute atomic E-state index is 0.0927. The van der Waals surface area contributed by atoms with Crippen molar-refractivity contribution < 1.29 is 4.79 Å². The van der Waals surface area contributed by atoms with Gasteiger partial charge in [0.1, 0.15) is 0 Å². The van der Waals surface area contributed by atoms with Gasteiger partial charge in [0.25, 0.3) is 0 Å². The van der Waals surface area contributed by atoms with Gasteiger partial charge in [-0.15, -0.1) is 0 Å². The van der Waals surface area contributed by atoms with Crippen LogP contribution in [0.15, 0.2) is 16.6 Å². The second kappa shape index (κ2) is 7.11. The molecule has 2 N–H and O–H groups in total. The van der Waals surface area contributed by atoms with Crippen LogP contribution in [-0.2, 0) is 4.79 Å². The average molecular weight is 339 g/mol. The molecule has 0 aliphatic heterocycles. The van der Waals surface area contributed by atoms with E-state index in [0.717, 1.165) is 23.0 Å². The van der Waals surface area contributed by atoms with E-state index in [4.69, 9.17) is 0 Å². The normalized spacial score (nSPS) is 15.9. The van der Waals surface area contributed by atoms with Gasteiger partial charge in [0, 0.05) is 16.2 Å². The van der Waals surface area contributed by atoms with Crippen molar-refractivity contribution in [3.05, 3.63) is 27.7 Å². The first-order valence-corrected chi connectivity index (χ1v) is 8.15. The SMILES string of the molecule is Cc1cc(NCC(=O)NC2CCCCC2)cc(C)c1Br. The Hall–Kier alpha value is -1.03. The summed E-state index contributed by atoms with van der Waals surface area (Å²) in [4.78, 5) is 11.9. The Morgan fingerprint density at radius 3 is 2.40 bits per heavy atom. The topological polar surface area (TPSA) is 41.1 Å². The van der Waals surface area contributed by atoms with Crippen LogP contribution in [0.4, 0.5) is 5.69 Å². The van der Waals surface area contributed by atoms with E-state index in [1.54, 1.807) is 0 Å². The van der Waals surface area contributed by atoms with Gasteiger partial charge in [-0.25, -0.2) is 0 Å². The van der Waals surface area contributed by atoms with Crippen LogP contribution >= 0.6 is 15.9 Å². The first-order chi connectivity index (χ1) is 9.56. The minimum atomic E-state index is 0.0927. The first kappa shape index (κ1) is 15.4. The number of aryl methyl sites for hydroxylation is 2. The fraction of sp³-hybridized carbons (Fsp3) is 0.562. The van der Waals surface area contributed by atoms with Gasteiger partial charge in [-0.3, -0.25) is 4.79 Å². The number of hydrogen-bond donors (Lipinski definition) is 2. The molecule has 2 rings (SSSR count). The average Bonchev–Trinajstić information content (AvgIpc) is 2.43. The lowest BCUT2D eigenvalue weighted by molar-refractivity contribution is -0.120. The molecule has 20 heavy (non-hydrogen) atoms. The van der Waals surface area contributed by atoms with Crippen LogP contribution in [-0.4, -0.2) is 18.5 Å². The van der Waals surface area contributed by atoms with E-state index in [-0.39, 0.29) is 5.91 Å². The van der Waals surface area contributed by atoms with E-state index in [1.807, 2.05) is 0 Å². The fourth-order valence-electron chi connectivity index (χ4n) is 2.76. The summed E-state index contributed by atoms with van der Waals surface area (Å²) in [5.41, 5.74) is 3.36. The molecule has 1 aliphatic carbocycles. The monoisotopic (exact) mass is 338 g/mol. The molecule has 1 amide bonds. The molecule has 1 saturated carbocycles. The van der Waals surface area contributed by atoms with E-state index in [1.165, 1.54) is 30.4 Å². The third-order valence-corrected chi connectivity index (χ3v) is 5.11. The number of benzene rings is 1. The van der Waals surface area contributed by atoms with Gasteiger partial charge in [0.2, 0.25) is 5.91 Å². The predicted octanol–water partition coefficient (Wildman–Crippen LogP) is 3.93. The zero-order valence-electron chi connectivity index (χ0n) is 12.3.